The number of carbonyl (C=O) groups excluding carboxylic acids is 1. The van der Waals surface area contributed by atoms with E-state index in [1.165, 1.54) is 11.3 Å². The number of para-hydroxylation sites is 2. The Hall–Kier alpha value is -2.14. The maximum absolute atomic E-state index is 11.5. The molecule has 0 bridgehead atoms. The van der Waals surface area contributed by atoms with E-state index in [1.54, 1.807) is 13.4 Å². The molecule has 1 aromatic carbocycles. The molecule has 1 amide bonds. The van der Waals surface area contributed by atoms with Crippen molar-refractivity contribution in [3.05, 3.63) is 46.9 Å². The largest absolute Gasteiger partial charge is 0.354 e. The molecule has 2 heterocycles. The van der Waals surface area contributed by atoms with Crippen LogP contribution in [-0.4, -0.2) is 22.5 Å². The third-order valence-electron chi connectivity index (χ3n) is 2.77. The molecule has 0 unspecified atom stereocenters. The van der Waals surface area contributed by atoms with E-state index in [9.17, 15) is 4.79 Å². The second-order valence-corrected chi connectivity index (χ2v) is 4.76. The van der Waals surface area contributed by atoms with Crippen LogP contribution in [0, 0.1) is 0 Å². The number of hydrogen-bond donors (Lipinski definition) is 1. The van der Waals surface area contributed by atoms with Gasteiger partial charge in [0.1, 0.15) is 6.33 Å². The molecule has 0 spiro atoms. The molecule has 4 nitrogen and oxygen atoms in total. The van der Waals surface area contributed by atoms with Crippen molar-refractivity contribution in [2.45, 2.75) is 0 Å². The number of aromatic nitrogens is 2. The third kappa shape index (κ3) is 1.69. The van der Waals surface area contributed by atoms with Crippen LogP contribution in [0.25, 0.3) is 16.7 Å². The lowest BCUT2D eigenvalue weighted by atomic mass is 10.3. The number of carbonyl (C=O) groups is 1. The van der Waals surface area contributed by atoms with Crippen LogP contribution in [-0.2, 0) is 0 Å². The molecule has 0 aliphatic heterocycles. The molecular formula is C13H11N3OS. The Bertz CT molecular complexity index is 714. The molecule has 0 fully saturated rings. The van der Waals surface area contributed by atoms with Crippen LogP contribution in [0.1, 0.15) is 9.67 Å². The van der Waals surface area contributed by atoms with E-state index in [4.69, 9.17) is 0 Å². The van der Waals surface area contributed by atoms with Crippen LogP contribution in [0.4, 0.5) is 0 Å². The highest BCUT2D eigenvalue weighted by Gasteiger charge is 2.10. The van der Waals surface area contributed by atoms with Gasteiger partial charge in [-0.3, -0.25) is 9.36 Å². The number of amides is 1. The molecule has 2 aromatic heterocycles. The number of imidazole rings is 1. The first-order valence-corrected chi connectivity index (χ1v) is 6.40. The molecule has 0 aliphatic rings. The number of fused-ring (bicyclic) bond motifs is 1. The van der Waals surface area contributed by atoms with E-state index in [-0.39, 0.29) is 5.91 Å². The summed E-state index contributed by atoms with van der Waals surface area (Å²) in [5.74, 6) is -0.0596. The fourth-order valence-corrected chi connectivity index (χ4v) is 2.69. The fraction of sp³-hybridized carbons (Fsp3) is 0.0769. The van der Waals surface area contributed by atoms with Gasteiger partial charge in [0.05, 0.1) is 21.6 Å². The van der Waals surface area contributed by atoms with Crippen molar-refractivity contribution in [1.29, 1.82) is 0 Å². The molecule has 0 aliphatic carbocycles. The minimum Gasteiger partial charge on any atom is -0.354 e. The van der Waals surface area contributed by atoms with E-state index in [0.29, 0.717) is 4.88 Å². The summed E-state index contributed by atoms with van der Waals surface area (Å²) in [4.78, 5) is 16.6. The summed E-state index contributed by atoms with van der Waals surface area (Å²) < 4.78 is 1.98. The van der Waals surface area contributed by atoms with Crippen molar-refractivity contribution < 1.29 is 4.79 Å². The van der Waals surface area contributed by atoms with Gasteiger partial charge < -0.3 is 5.32 Å². The molecule has 3 aromatic rings. The Morgan fingerprint density at radius 2 is 2.22 bits per heavy atom. The van der Waals surface area contributed by atoms with Crippen LogP contribution in [0.5, 0.6) is 0 Å². The van der Waals surface area contributed by atoms with Crippen LogP contribution in [0.2, 0.25) is 0 Å². The van der Waals surface area contributed by atoms with Gasteiger partial charge in [0, 0.05) is 12.4 Å². The molecule has 0 radical (unpaired) electrons. The first-order chi connectivity index (χ1) is 8.79. The number of nitrogens with zero attached hydrogens (tertiary/aromatic N) is 2. The van der Waals surface area contributed by atoms with Gasteiger partial charge >= 0.3 is 0 Å². The molecule has 0 saturated heterocycles. The zero-order chi connectivity index (χ0) is 12.5. The average molecular weight is 257 g/mol. The Morgan fingerprint density at radius 1 is 1.39 bits per heavy atom. The molecule has 90 valence electrons. The number of nitrogens with one attached hydrogen (secondary N) is 1. The van der Waals surface area contributed by atoms with E-state index in [1.807, 2.05) is 40.3 Å². The van der Waals surface area contributed by atoms with Gasteiger partial charge in [-0.05, 0) is 18.2 Å². The summed E-state index contributed by atoms with van der Waals surface area (Å²) in [5, 5.41) is 4.58. The summed E-state index contributed by atoms with van der Waals surface area (Å²) in [6.07, 6.45) is 1.78. The fourth-order valence-electron chi connectivity index (χ4n) is 1.86. The molecule has 5 heteroatoms. The third-order valence-corrected chi connectivity index (χ3v) is 3.68. The Labute approximate surface area is 108 Å². The van der Waals surface area contributed by atoms with Crippen molar-refractivity contribution >= 4 is 28.3 Å². The second-order valence-electron chi connectivity index (χ2n) is 3.85. The first kappa shape index (κ1) is 11.0. The topological polar surface area (TPSA) is 46.9 Å². The van der Waals surface area contributed by atoms with E-state index in [0.717, 1.165) is 16.7 Å². The van der Waals surface area contributed by atoms with Crippen LogP contribution >= 0.6 is 11.3 Å². The second kappa shape index (κ2) is 4.27. The van der Waals surface area contributed by atoms with Gasteiger partial charge in [-0.15, -0.1) is 11.3 Å². The summed E-state index contributed by atoms with van der Waals surface area (Å²) in [7, 11) is 1.63. The summed E-state index contributed by atoms with van der Waals surface area (Å²) >= 11 is 1.43. The van der Waals surface area contributed by atoms with Gasteiger partial charge in [-0.1, -0.05) is 12.1 Å². The van der Waals surface area contributed by atoms with Crippen molar-refractivity contribution in [2.75, 3.05) is 7.05 Å². The Balaban J connectivity index is 2.09. The van der Waals surface area contributed by atoms with E-state index >= 15 is 0 Å². The highest BCUT2D eigenvalue weighted by Crippen LogP contribution is 2.22. The van der Waals surface area contributed by atoms with Crippen molar-refractivity contribution in [3.63, 3.8) is 0 Å². The lowest BCUT2D eigenvalue weighted by Gasteiger charge is -1.99. The van der Waals surface area contributed by atoms with Crippen molar-refractivity contribution in [1.82, 2.24) is 14.9 Å². The zero-order valence-electron chi connectivity index (χ0n) is 9.75. The van der Waals surface area contributed by atoms with Crippen molar-refractivity contribution in [2.24, 2.45) is 0 Å². The smallest absolute Gasteiger partial charge is 0.261 e. The van der Waals surface area contributed by atoms with E-state index in [2.05, 4.69) is 10.3 Å². The molecule has 0 saturated carbocycles. The zero-order valence-corrected chi connectivity index (χ0v) is 10.6. The minimum atomic E-state index is -0.0596. The van der Waals surface area contributed by atoms with E-state index < -0.39 is 0 Å². The summed E-state index contributed by atoms with van der Waals surface area (Å²) in [5.41, 5.74) is 2.95. The first-order valence-electron chi connectivity index (χ1n) is 5.52. The predicted octanol–water partition coefficient (Wildman–Crippen LogP) is 2.45. The lowest BCUT2D eigenvalue weighted by molar-refractivity contribution is 0.0967. The van der Waals surface area contributed by atoms with Gasteiger partial charge in [-0.2, -0.15) is 0 Å². The predicted molar refractivity (Wildman–Crippen MR) is 72.3 cm³/mol. The average Bonchev–Trinajstić information content (AvgIpc) is 3.03. The maximum Gasteiger partial charge on any atom is 0.261 e. The van der Waals surface area contributed by atoms with Crippen molar-refractivity contribution in [3.8, 4) is 5.69 Å². The molecule has 3 rings (SSSR count). The SMILES string of the molecule is CNC(=O)c1cc(-n2cnc3ccccc32)cs1. The number of benzene rings is 1. The molecular weight excluding hydrogens is 246 g/mol. The van der Waals surface area contributed by atoms with Gasteiger partial charge in [0.2, 0.25) is 0 Å². The minimum absolute atomic E-state index is 0.0596. The highest BCUT2D eigenvalue weighted by atomic mass is 32.1. The standard InChI is InChI=1S/C13H11N3OS/c1-14-13(17)12-6-9(7-18-12)16-8-15-10-4-2-3-5-11(10)16/h2-8H,1H3,(H,14,17). The molecule has 18 heavy (non-hydrogen) atoms. The Morgan fingerprint density at radius 3 is 3.06 bits per heavy atom. The normalized spacial score (nSPS) is 10.7. The van der Waals surface area contributed by atoms with Gasteiger partial charge in [0.15, 0.2) is 0 Å². The molecule has 0 atom stereocenters. The maximum atomic E-state index is 11.5. The van der Waals surface area contributed by atoms with Crippen LogP contribution in [0.3, 0.4) is 0 Å². The Kier molecular flexibility index (Phi) is 2.60. The number of thiophene rings is 1. The summed E-state index contributed by atoms with van der Waals surface area (Å²) in [6, 6.07) is 9.80. The van der Waals surface area contributed by atoms with Gasteiger partial charge in [-0.25, -0.2) is 4.98 Å². The van der Waals surface area contributed by atoms with Crippen LogP contribution < -0.4 is 5.32 Å². The number of rotatable bonds is 2. The number of hydrogen-bond acceptors (Lipinski definition) is 3. The monoisotopic (exact) mass is 257 g/mol. The molecule has 1 N–H and O–H groups in total. The lowest BCUT2D eigenvalue weighted by Crippen LogP contribution is -2.16. The highest BCUT2D eigenvalue weighted by molar-refractivity contribution is 7.12. The quantitative estimate of drug-likeness (QED) is 0.766. The van der Waals surface area contributed by atoms with Gasteiger partial charge in [0.25, 0.3) is 5.91 Å². The van der Waals surface area contributed by atoms with Crippen LogP contribution in [0.15, 0.2) is 42.0 Å². The summed E-state index contributed by atoms with van der Waals surface area (Å²) in [6.45, 7) is 0.